The van der Waals surface area contributed by atoms with E-state index in [1.165, 1.54) is 25.1 Å². The Labute approximate surface area is 128 Å². The lowest BCUT2D eigenvalue weighted by Crippen LogP contribution is -2.13. The third kappa shape index (κ3) is 3.68. The lowest BCUT2D eigenvalue weighted by atomic mass is 10.0. The number of aryl methyl sites for hydroxylation is 1. The summed E-state index contributed by atoms with van der Waals surface area (Å²) in [5.74, 6) is -1.43. The highest BCUT2D eigenvalue weighted by Crippen LogP contribution is 2.32. The topological polar surface area (TPSA) is 67.5 Å². The molecular weight excluding hydrogens is 313 g/mol. The fourth-order valence-electron chi connectivity index (χ4n) is 1.97. The van der Waals surface area contributed by atoms with E-state index in [0.29, 0.717) is 0 Å². The SMILES string of the molecule is Cc1cc(O)c(C(=O)/C=C/c2ccccc2C(F)(F)F)c(=O)o1. The Morgan fingerprint density at radius 1 is 1.26 bits per heavy atom. The van der Waals surface area contributed by atoms with E-state index >= 15 is 0 Å². The highest BCUT2D eigenvalue weighted by Gasteiger charge is 2.32. The molecule has 7 heteroatoms. The summed E-state index contributed by atoms with van der Waals surface area (Å²) in [7, 11) is 0. The standard InChI is InChI=1S/C16H11F3O4/c1-9-8-13(21)14(15(22)23-9)12(20)7-6-10-4-2-3-5-11(10)16(17,18)19/h2-8,21H,1H3/b7-6+. The second-order valence-electron chi connectivity index (χ2n) is 4.69. The molecule has 1 heterocycles. The number of halogens is 3. The van der Waals surface area contributed by atoms with Crippen LogP contribution >= 0.6 is 0 Å². The Kier molecular flexibility index (Phi) is 4.40. The van der Waals surface area contributed by atoms with E-state index in [0.717, 1.165) is 24.3 Å². The van der Waals surface area contributed by atoms with E-state index in [4.69, 9.17) is 0 Å². The van der Waals surface area contributed by atoms with Gasteiger partial charge in [-0.1, -0.05) is 24.3 Å². The van der Waals surface area contributed by atoms with Gasteiger partial charge in [-0.15, -0.1) is 0 Å². The van der Waals surface area contributed by atoms with Crippen molar-refractivity contribution in [1.82, 2.24) is 0 Å². The highest BCUT2D eigenvalue weighted by molar-refractivity contribution is 6.08. The zero-order valence-corrected chi connectivity index (χ0v) is 11.8. The molecule has 0 amide bonds. The Hall–Kier alpha value is -2.83. The minimum atomic E-state index is -4.57. The summed E-state index contributed by atoms with van der Waals surface area (Å²) in [5, 5.41) is 9.63. The average molecular weight is 324 g/mol. The van der Waals surface area contributed by atoms with Crippen molar-refractivity contribution >= 4 is 11.9 Å². The van der Waals surface area contributed by atoms with Crippen LogP contribution < -0.4 is 5.63 Å². The lowest BCUT2D eigenvalue weighted by Gasteiger charge is -2.09. The molecule has 1 aromatic heterocycles. The molecule has 4 nitrogen and oxygen atoms in total. The fourth-order valence-corrected chi connectivity index (χ4v) is 1.97. The van der Waals surface area contributed by atoms with Crippen molar-refractivity contribution in [2.24, 2.45) is 0 Å². The number of benzene rings is 1. The second kappa shape index (κ2) is 6.12. The first-order valence-electron chi connectivity index (χ1n) is 6.42. The molecular formula is C16H11F3O4. The maximum absolute atomic E-state index is 12.8. The Bertz CT molecular complexity index is 832. The van der Waals surface area contributed by atoms with Crippen LogP contribution in [0, 0.1) is 6.92 Å². The Morgan fingerprint density at radius 2 is 1.91 bits per heavy atom. The van der Waals surface area contributed by atoms with Gasteiger partial charge in [-0.2, -0.15) is 13.2 Å². The van der Waals surface area contributed by atoms with Crippen molar-refractivity contribution in [3.63, 3.8) is 0 Å². The first-order chi connectivity index (χ1) is 10.7. The van der Waals surface area contributed by atoms with E-state index in [-0.39, 0.29) is 11.3 Å². The number of hydrogen-bond donors (Lipinski definition) is 1. The van der Waals surface area contributed by atoms with E-state index < -0.39 is 34.5 Å². The number of carbonyl (C=O) groups excluding carboxylic acids is 1. The van der Waals surface area contributed by atoms with Crippen LogP contribution in [0.4, 0.5) is 13.2 Å². The van der Waals surface area contributed by atoms with Crippen molar-refractivity contribution in [2.45, 2.75) is 13.1 Å². The van der Waals surface area contributed by atoms with Crippen molar-refractivity contribution in [1.29, 1.82) is 0 Å². The van der Waals surface area contributed by atoms with Gasteiger partial charge in [0.25, 0.3) is 0 Å². The molecule has 0 radical (unpaired) electrons. The molecule has 0 unspecified atom stereocenters. The third-order valence-corrected chi connectivity index (χ3v) is 2.98. The maximum atomic E-state index is 12.8. The summed E-state index contributed by atoms with van der Waals surface area (Å²) in [6.45, 7) is 1.41. The molecule has 0 aliphatic carbocycles. The average Bonchev–Trinajstić information content (AvgIpc) is 2.43. The quantitative estimate of drug-likeness (QED) is 0.692. The molecule has 2 aromatic rings. The highest BCUT2D eigenvalue weighted by atomic mass is 19.4. The molecule has 0 saturated heterocycles. The van der Waals surface area contributed by atoms with Crippen molar-refractivity contribution in [3.8, 4) is 5.75 Å². The number of alkyl halides is 3. The van der Waals surface area contributed by atoms with Crippen LogP contribution in [0.1, 0.15) is 27.2 Å². The molecule has 23 heavy (non-hydrogen) atoms. The van der Waals surface area contributed by atoms with Gasteiger partial charge in [0, 0.05) is 6.07 Å². The monoisotopic (exact) mass is 324 g/mol. The van der Waals surface area contributed by atoms with Gasteiger partial charge < -0.3 is 9.52 Å². The van der Waals surface area contributed by atoms with Gasteiger partial charge in [0.2, 0.25) is 0 Å². The van der Waals surface area contributed by atoms with Crippen LogP contribution in [0.25, 0.3) is 6.08 Å². The largest absolute Gasteiger partial charge is 0.507 e. The van der Waals surface area contributed by atoms with E-state index in [1.807, 2.05) is 0 Å². The van der Waals surface area contributed by atoms with Crippen LogP contribution in [-0.4, -0.2) is 10.9 Å². The molecule has 1 aromatic carbocycles. The number of rotatable bonds is 3. The van der Waals surface area contributed by atoms with E-state index in [9.17, 15) is 27.9 Å². The van der Waals surface area contributed by atoms with Crippen molar-refractivity contribution in [2.75, 3.05) is 0 Å². The Balaban J connectivity index is 2.39. The molecule has 0 atom stereocenters. The molecule has 0 spiro atoms. The predicted molar refractivity (Wildman–Crippen MR) is 76.2 cm³/mol. The molecule has 0 aliphatic heterocycles. The summed E-state index contributed by atoms with van der Waals surface area (Å²) in [6, 6.07) is 5.75. The normalized spacial score (nSPS) is 11.8. The Morgan fingerprint density at radius 3 is 2.52 bits per heavy atom. The lowest BCUT2D eigenvalue weighted by molar-refractivity contribution is -0.137. The number of hydrogen-bond acceptors (Lipinski definition) is 4. The molecule has 0 bridgehead atoms. The van der Waals surface area contributed by atoms with Crippen molar-refractivity contribution < 1.29 is 27.5 Å². The predicted octanol–water partition coefficient (Wildman–Crippen LogP) is 3.57. The third-order valence-electron chi connectivity index (χ3n) is 2.98. The van der Waals surface area contributed by atoms with Gasteiger partial charge in [-0.25, -0.2) is 4.79 Å². The van der Waals surface area contributed by atoms with Crippen LogP contribution in [0.5, 0.6) is 5.75 Å². The van der Waals surface area contributed by atoms with Crippen LogP contribution in [0.15, 0.2) is 45.6 Å². The summed E-state index contributed by atoms with van der Waals surface area (Å²) < 4.78 is 43.2. The molecule has 0 saturated carbocycles. The van der Waals surface area contributed by atoms with Gasteiger partial charge in [-0.3, -0.25) is 4.79 Å². The van der Waals surface area contributed by atoms with Gasteiger partial charge in [0.1, 0.15) is 17.1 Å². The van der Waals surface area contributed by atoms with Gasteiger partial charge in [-0.05, 0) is 24.6 Å². The van der Waals surface area contributed by atoms with Crippen LogP contribution in [0.3, 0.4) is 0 Å². The fraction of sp³-hybridized carbons (Fsp3) is 0.125. The van der Waals surface area contributed by atoms with Gasteiger partial charge >= 0.3 is 11.8 Å². The zero-order chi connectivity index (χ0) is 17.2. The number of ketones is 1. The molecule has 0 aliphatic rings. The molecule has 0 fully saturated rings. The molecule has 2 rings (SSSR count). The summed E-state index contributed by atoms with van der Waals surface area (Å²) in [6.07, 6.45) is -2.86. The van der Waals surface area contributed by atoms with Crippen LogP contribution in [0.2, 0.25) is 0 Å². The van der Waals surface area contributed by atoms with E-state index in [1.54, 1.807) is 0 Å². The van der Waals surface area contributed by atoms with Gasteiger partial charge in [0.05, 0.1) is 5.56 Å². The summed E-state index contributed by atoms with van der Waals surface area (Å²) >= 11 is 0. The van der Waals surface area contributed by atoms with Crippen molar-refractivity contribution in [3.05, 3.63) is 69.3 Å². The maximum Gasteiger partial charge on any atom is 0.416 e. The smallest absolute Gasteiger partial charge is 0.416 e. The number of allylic oxidation sites excluding steroid dienone is 1. The van der Waals surface area contributed by atoms with Crippen LogP contribution in [-0.2, 0) is 6.18 Å². The number of aromatic hydroxyl groups is 1. The molecule has 1 N–H and O–H groups in total. The van der Waals surface area contributed by atoms with E-state index in [2.05, 4.69) is 4.42 Å². The molecule has 120 valence electrons. The second-order valence-corrected chi connectivity index (χ2v) is 4.69. The number of carbonyl (C=O) groups is 1. The zero-order valence-electron chi connectivity index (χ0n) is 11.8. The minimum absolute atomic E-state index is 0.107. The summed E-state index contributed by atoms with van der Waals surface area (Å²) in [5.41, 5.74) is -2.83. The first kappa shape index (κ1) is 16.5. The summed E-state index contributed by atoms with van der Waals surface area (Å²) in [4.78, 5) is 23.5. The van der Waals surface area contributed by atoms with Gasteiger partial charge in [0.15, 0.2) is 5.78 Å². The first-order valence-corrected chi connectivity index (χ1v) is 6.42. The minimum Gasteiger partial charge on any atom is -0.507 e.